The van der Waals surface area contributed by atoms with E-state index < -0.39 is 0 Å². The normalized spacial score (nSPS) is 20.0. The minimum absolute atomic E-state index is 0.852. The van der Waals surface area contributed by atoms with Crippen LogP contribution in [0.2, 0.25) is 0 Å². The summed E-state index contributed by atoms with van der Waals surface area (Å²) in [7, 11) is 0. The van der Waals surface area contributed by atoms with Crippen LogP contribution >= 0.6 is 0 Å². The van der Waals surface area contributed by atoms with Crippen LogP contribution in [-0.2, 0) is 4.74 Å². The number of ether oxygens (including phenoxy) is 1. The van der Waals surface area contributed by atoms with Gasteiger partial charge in [0.25, 0.3) is 0 Å². The van der Waals surface area contributed by atoms with E-state index in [0.29, 0.717) is 0 Å². The van der Waals surface area contributed by atoms with Gasteiger partial charge < -0.3 is 4.74 Å². The molecule has 0 amide bonds. The van der Waals surface area contributed by atoms with Crippen molar-refractivity contribution < 1.29 is 4.74 Å². The maximum atomic E-state index is 4.97. The summed E-state index contributed by atoms with van der Waals surface area (Å²) in [6.07, 6.45) is 1.91. The Morgan fingerprint density at radius 2 is 1.57 bits per heavy atom. The molecule has 0 spiro atoms. The zero-order valence-corrected chi connectivity index (χ0v) is 4.24. The Morgan fingerprint density at radius 3 is 1.71 bits per heavy atom. The molecule has 0 saturated carbocycles. The zero-order chi connectivity index (χ0) is 5.28. The largest absolute Gasteiger partial charge is 0.467 e. The highest BCUT2D eigenvalue weighted by Gasteiger charge is 2.07. The molecule has 1 heterocycles. The Labute approximate surface area is 43.3 Å². The Balaban J connectivity index is 2.55. The van der Waals surface area contributed by atoms with Gasteiger partial charge in [0.15, 0.2) is 0 Å². The lowest BCUT2D eigenvalue weighted by Gasteiger charge is -1.91. The molecule has 0 unspecified atom stereocenters. The number of hydrogen-bond acceptors (Lipinski definition) is 1. The first-order chi connectivity index (χ1) is 3.29. The molecule has 0 radical (unpaired) electrons. The second kappa shape index (κ2) is 1.41. The molecule has 1 rings (SSSR count). The third-order valence-electron chi connectivity index (χ3n) is 0.971. The molecule has 1 saturated heterocycles. The van der Waals surface area contributed by atoms with E-state index >= 15 is 0 Å². The van der Waals surface area contributed by atoms with Gasteiger partial charge in [-0.3, -0.25) is 0 Å². The van der Waals surface area contributed by atoms with Crippen LogP contribution in [0.5, 0.6) is 0 Å². The standard InChI is InChI=1S/C6H8O/c1-5-3-4-6(2)7-5/h1-4H2. The summed E-state index contributed by atoms with van der Waals surface area (Å²) in [5.74, 6) is 1.70. The molecule has 38 valence electrons. The molecular weight excluding hydrogens is 88.1 g/mol. The summed E-state index contributed by atoms with van der Waals surface area (Å²) in [6, 6.07) is 0. The lowest BCUT2D eigenvalue weighted by Crippen LogP contribution is -1.69. The van der Waals surface area contributed by atoms with Gasteiger partial charge >= 0.3 is 0 Å². The van der Waals surface area contributed by atoms with Crippen molar-refractivity contribution in [2.45, 2.75) is 12.8 Å². The fraction of sp³-hybridized carbons (Fsp3) is 0.333. The van der Waals surface area contributed by atoms with Crippen LogP contribution in [0.15, 0.2) is 24.7 Å². The fourth-order valence-electron chi connectivity index (χ4n) is 0.585. The predicted octanol–water partition coefficient (Wildman–Crippen LogP) is 1.82. The fourth-order valence-corrected chi connectivity index (χ4v) is 0.585. The molecule has 0 bridgehead atoms. The maximum absolute atomic E-state index is 4.97. The van der Waals surface area contributed by atoms with Gasteiger partial charge in [0, 0.05) is 12.8 Å². The summed E-state index contributed by atoms with van der Waals surface area (Å²) in [5, 5.41) is 0. The zero-order valence-electron chi connectivity index (χ0n) is 4.24. The minimum Gasteiger partial charge on any atom is -0.467 e. The van der Waals surface area contributed by atoms with E-state index in [1.165, 1.54) is 0 Å². The highest BCUT2D eigenvalue weighted by molar-refractivity contribution is 5.02. The van der Waals surface area contributed by atoms with Crippen molar-refractivity contribution in [1.29, 1.82) is 0 Å². The maximum Gasteiger partial charge on any atom is 0.0968 e. The Morgan fingerprint density at radius 1 is 1.14 bits per heavy atom. The highest BCUT2D eigenvalue weighted by Crippen LogP contribution is 2.21. The second-order valence-electron chi connectivity index (χ2n) is 1.68. The van der Waals surface area contributed by atoms with E-state index in [1.807, 2.05) is 0 Å². The summed E-state index contributed by atoms with van der Waals surface area (Å²) in [6.45, 7) is 7.24. The Bertz CT molecular complexity index is 99.3. The third-order valence-corrected chi connectivity index (χ3v) is 0.971. The van der Waals surface area contributed by atoms with Crippen molar-refractivity contribution in [3.63, 3.8) is 0 Å². The third kappa shape index (κ3) is 0.829. The van der Waals surface area contributed by atoms with Crippen LogP contribution in [0.25, 0.3) is 0 Å². The van der Waals surface area contributed by atoms with Crippen LogP contribution in [0.1, 0.15) is 12.8 Å². The monoisotopic (exact) mass is 96.1 g/mol. The van der Waals surface area contributed by atoms with Gasteiger partial charge in [-0.1, -0.05) is 13.2 Å². The van der Waals surface area contributed by atoms with E-state index in [9.17, 15) is 0 Å². The second-order valence-corrected chi connectivity index (χ2v) is 1.68. The Kier molecular flexibility index (Phi) is 0.895. The summed E-state index contributed by atoms with van der Waals surface area (Å²) in [5.41, 5.74) is 0. The summed E-state index contributed by atoms with van der Waals surface area (Å²) < 4.78 is 4.97. The van der Waals surface area contributed by atoms with Crippen LogP contribution < -0.4 is 0 Å². The van der Waals surface area contributed by atoms with Gasteiger partial charge in [0.1, 0.15) is 0 Å². The average molecular weight is 96.1 g/mol. The van der Waals surface area contributed by atoms with E-state index in [0.717, 1.165) is 24.4 Å². The van der Waals surface area contributed by atoms with Gasteiger partial charge in [-0.15, -0.1) is 0 Å². The van der Waals surface area contributed by atoms with Crippen molar-refractivity contribution in [3.8, 4) is 0 Å². The molecule has 0 aromatic heterocycles. The minimum atomic E-state index is 0.852. The number of rotatable bonds is 0. The molecule has 0 atom stereocenters. The summed E-state index contributed by atoms with van der Waals surface area (Å²) in [4.78, 5) is 0. The molecule has 0 aromatic carbocycles. The van der Waals surface area contributed by atoms with Crippen LogP contribution in [-0.4, -0.2) is 0 Å². The molecule has 1 heteroatoms. The van der Waals surface area contributed by atoms with Gasteiger partial charge in [-0.05, 0) is 0 Å². The van der Waals surface area contributed by atoms with E-state index in [1.54, 1.807) is 0 Å². The molecule has 0 aliphatic carbocycles. The first-order valence-electron chi connectivity index (χ1n) is 2.32. The SMILES string of the molecule is C=C1CCC(=C)O1. The number of allylic oxidation sites excluding steroid dienone is 2. The molecule has 1 fully saturated rings. The molecular formula is C6H8O. The van der Waals surface area contributed by atoms with Crippen molar-refractivity contribution in [2.24, 2.45) is 0 Å². The van der Waals surface area contributed by atoms with Crippen molar-refractivity contribution >= 4 is 0 Å². The molecule has 1 aliphatic rings. The van der Waals surface area contributed by atoms with E-state index in [4.69, 9.17) is 4.74 Å². The van der Waals surface area contributed by atoms with Crippen LogP contribution in [0.3, 0.4) is 0 Å². The molecule has 7 heavy (non-hydrogen) atoms. The quantitative estimate of drug-likeness (QED) is 0.447. The van der Waals surface area contributed by atoms with Gasteiger partial charge in [0.2, 0.25) is 0 Å². The van der Waals surface area contributed by atoms with Gasteiger partial charge in [0.05, 0.1) is 11.5 Å². The molecule has 0 N–H and O–H groups in total. The Hall–Kier alpha value is -0.720. The smallest absolute Gasteiger partial charge is 0.0968 e. The van der Waals surface area contributed by atoms with E-state index in [-0.39, 0.29) is 0 Å². The van der Waals surface area contributed by atoms with Gasteiger partial charge in [-0.25, -0.2) is 0 Å². The number of hydrogen-bond donors (Lipinski definition) is 0. The van der Waals surface area contributed by atoms with Crippen molar-refractivity contribution in [1.82, 2.24) is 0 Å². The van der Waals surface area contributed by atoms with Crippen molar-refractivity contribution in [3.05, 3.63) is 24.7 Å². The van der Waals surface area contributed by atoms with Gasteiger partial charge in [-0.2, -0.15) is 0 Å². The van der Waals surface area contributed by atoms with E-state index in [2.05, 4.69) is 13.2 Å². The predicted molar refractivity (Wildman–Crippen MR) is 28.6 cm³/mol. The van der Waals surface area contributed by atoms with Crippen LogP contribution in [0, 0.1) is 0 Å². The first kappa shape index (κ1) is 4.44. The first-order valence-corrected chi connectivity index (χ1v) is 2.32. The lowest BCUT2D eigenvalue weighted by atomic mass is 10.3. The molecule has 0 aromatic rings. The highest BCUT2D eigenvalue weighted by atomic mass is 16.5. The molecule has 1 aliphatic heterocycles. The van der Waals surface area contributed by atoms with Crippen molar-refractivity contribution in [2.75, 3.05) is 0 Å². The van der Waals surface area contributed by atoms with Crippen LogP contribution in [0.4, 0.5) is 0 Å². The summed E-state index contributed by atoms with van der Waals surface area (Å²) >= 11 is 0. The lowest BCUT2D eigenvalue weighted by molar-refractivity contribution is 0.344. The topological polar surface area (TPSA) is 9.23 Å². The average Bonchev–Trinajstić information content (AvgIpc) is 1.87. The molecule has 1 nitrogen and oxygen atoms in total.